The van der Waals surface area contributed by atoms with Gasteiger partial charge in [-0.1, -0.05) is 5.16 Å². The van der Waals surface area contributed by atoms with Crippen molar-refractivity contribution >= 4 is 33.5 Å². The Hall–Kier alpha value is -1.31. The summed E-state index contributed by atoms with van der Waals surface area (Å²) in [4.78, 5) is 4.53. The van der Waals surface area contributed by atoms with E-state index in [4.69, 9.17) is 4.52 Å². The molecule has 3 heterocycles. The van der Waals surface area contributed by atoms with Gasteiger partial charge in [-0.2, -0.15) is 11.3 Å². The summed E-state index contributed by atoms with van der Waals surface area (Å²) in [5.41, 5.74) is 2.73. The molecule has 0 aliphatic rings. The molecule has 7 heteroatoms. The highest BCUT2D eigenvalue weighted by Crippen LogP contribution is 2.26. The molecule has 0 N–H and O–H groups in total. The van der Waals surface area contributed by atoms with Crippen molar-refractivity contribution in [2.24, 2.45) is 0 Å². The normalized spacial score (nSPS) is 12.7. The lowest BCUT2D eigenvalue weighted by molar-refractivity contribution is 0.392. The molecule has 0 aliphatic carbocycles. The predicted molar refractivity (Wildman–Crippen MR) is 82.2 cm³/mol. The lowest BCUT2D eigenvalue weighted by Crippen LogP contribution is -2.00. The van der Waals surface area contributed by atoms with Crippen LogP contribution in [0.25, 0.3) is 10.6 Å². The smallest absolute Gasteiger partial charge is 0.133 e. The Labute approximate surface area is 126 Å². The van der Waals surface area contributed by atoms with Crippen LogP contribution < -0.4 is 0 Å². The second kappa shape index (κ2) is 5.99. The van der Waals surface area contributed by atoms with E-state index in [9.17, 15) is 4.21 Å². The molecule has 3 aromatic rings. The highest BCUT2D eigenvalue weighted by Gasteiger charge is 2.11. The minimum Gasteiger partial charge on any atom is -0.361 e. The third kappa shape index (κ3) is 3.23. The Morgan fingerprint density at radius 3 is 2.85 bits per heavy atom. The largest absolute Gasteiger partial charge is 0.361 e. The summed E-state index contributed by atoms with van der Waals surface area (Å²) in [6.07, 6.45) is 0. The summed E-state index contributed by atoms with van der Waals surface area (Å²) in [6.45, 7) is 1.83. The minimum absolute atomic E-state index is 0.405. The number of hydrogen-bond donors (Lipinski definition) is 0. The number of aryl methyl sites for hydroxylation is 1. The number of hydrogen-bond acceptors (Lipinski definition) is 6. The molecule has 0 radical (unpaired) electrons. The van der Waals surface area contributed by atoms with Crippen molar-refractivity contribution in [1.82, 2.24) is 10.1 Å². The van der Waals surface area contributed by atoms with E-state index < -0.39 is 10.8 Å². The number of thiazole rings is 1. The number of thiophene rings is 1. The molecule has 0 aromatic carbocycles. The minimum atomic E-state index is -1.02. The average Bonchev–Trinajstić information content (AvgIpc) is 3.10. The van der Waals surface area contributed by atoms with Crippen LogP contribution in [0.4, 0.5) is 0 Å². The number of rotatable bonds is 5. The summed E-state index contributed by atoms with van der Waals surface area (Å²) >= 11 is 3.24. The fraction of sp³-hybridized carbons (Fsp3) is 0.231. The first kappa shape index (κ1) is 13.7. The van der Waals surface area contributed by atoms with Gasteiger partial charge in [-0.3, -0.25) is 4.21 Å². The Morgan fingerprint density at radius 1 is 1.30 bits per heavy atom. The molecule has 0 fully saturated rings. The molecule has 0 amide bonds. The van der Waals surface area contributed by atoms with E-state index in [1.807, 2.05) is 29.8 Å². The zero-order valence-electron chi connectivity index (χ0n) is 10.7. The maximum atomic E-state index is 12.1. The van der Waals surface area contributed by atoms with Crippen molar-refractivity contribution in [2.45, 2.75) is 18.4 Å². The first-order chi connectivity index (χ1) is 9.70. The summed E-state index contributed by atoms with van der Waals surface area (Å²) < 4.78 is 17.1. The van der Waals surface area contributed by atoms with Crippen LogP contribution in [0.3, 0.4) is 0 Å². The van der Waals surface area contributed by atoms with E-state index in [2.05, 4.69) is 15.5 Å². The monoisotopic (exact) mass is 324 g/mol. The maximum Gasteiger partial charge on any atom is 0.133 e. The van der Waals surface area contributed by atoms with Gasteiger partial charge in [0, 0.05) is 33.2 Å². The number of aromatic nitrogens is 2. The molecule has 3 rings (SSSR count). The molecule has 3 aromatic heterocycles. The van der Waals surface area contributed by atoms with Gasteiger partial charge in [-0.15, -0.1) is 11.3 Å². The second-order valence-corrected chi connectivity index (χ2v) is 7.41. The van der Waals surface area contributed by atoms with Crippen LogP contribution in [0.1, 0.15) is 17.1 Å². The Bertz CT molecular complexity index is 716. The van der Waals surface area contributed by atoms with Gasteiger partial charge >= 0.3 is 0 Å². The topological polar surface area (TPSA) is 56.0 Å². The van der Waals surface area contributed by atoms with Crippen LogP contribution in [-0.4, -0.2) is 14.3 Å². The molecule has 20 heavy (non-hydrogen) atoms. The van der Waals surface area contributed by atoms with Crippen LogP contribution in [0.5, 0.6) is 0 Å². The third-order valence-electron chi connectivity index (χ3n) is 2.61. The molecular weight excluding hydrogens is 312 g/mol. The maximum absolute atomic E-state index is 12.1. The van der Waals surface area contributed by atoms with Gasteiger partial charge in [0.2, 0.25) is 0 Å². The SMILES string of the molecule is Cc1cc(CS(=O)Cc2csc(-c3ccsc3)n2)no1. The van der Waals surface area contributed by atoms with Crippen LogP contribution in [0.15, 0.2) is 32.8 Å². The summed E-state index contributed by atoms with van der Waals surface area (Å²) in [6, 6.07) is 3.86. The molecular formula is C13H12N2O2S3. The van der Waals surface area contributed by atoms with E-state index in [-0.39, 0.29) is 0 Å². The first-order valence-corrected chi connectivity index (χ1v) is 9.26. The lowest BCUT2D eigenvalue weighted by atomic mass is 10.4. The molecule has 0 aliphatic heterocycles. The van der Waals surface area contributed by atoms with Gasteiger partial charge in [-0.05, 0) is 18.4 Å². The van der Waals surface area contributed by atoms with Crippen molar-refractivity contribution < 1.29 is 8.73 Å². The van der Waals surface area contributed by atoms with E-state index in [1.54, 1.807) is 22.7 Å². The zero-order valence-corrected chi connectivity index (χ0v) is 13.2. The molecule has 104 valence electrons. The van der Waals surface area contributed by atoms with Gasteiger partial charge in [-0.25, -0.2) is 4.98 Å². The summed E-state index contributed by atoms with van der Waals surface area (Å²) in [5, 5.41) is 10.9. The Morgan fingerprint density at radius 2 is 2.15 bits per heavy atom. The quantitative estimate of drug-likeness (QED) is 0.719. The van der Waals surface area contributed by atoms with E-state index in [0.29, 0.717) is 11.5 Å². The van der Waals surface area contributed by atoms with E-state index in [0.717, 1.165) is 27.7 Å². The van der Waals surface area contributed by atoms with Crippen LogP contribution in [-0.2, 0) is 22.3 Å². The third-order valence-corrected chi connectivity index (χ3v) is 5.47. The highest BCUT2D eigenvalue weighted by atomic mass is 32.2. The average molecular weight is 324 g/mol. The van der Waals surface area contributed by atoms with Crippen LogP contribution in [0.2, 0.25) is 0 Å². The van der Waals surface area contributed by atoms with Crippen LogP contribution in [0, 0.1) is 6.92 Å². The summed E-state index contributed by atoms with van der Waals surface area (Å²) in [7, 11) is -1.02. The molecule has 1 atom stereocenters. The fourth-order valence-electron chi connectivity index (χ4n) is 1.76. The Balaban J connectivity index is 1.64. The molecule has 0 spiro atoms. The lowest BCUT2D eigenvalue weighted by Gasteiger charge is -1.96. The second-order valence-electron chi connectivity index (χ2n) is 4.31. The van der Waals surface area contributed by atoms with E-state index in [1.165, 1.54) is 0 Å². The van der Waals surface area contributed by atoms with Crippen LogP contribution >= 0.6 is 22.7 Å². The summed E-state index contributed by atoms with van der Waals surface area (Å²) in [5.74, 6) is 1.60. The molecule has 0 bridgehead atoms. The van der Waals surface area contributed by atoms with Crippen molar-refractivity contribution in [3.63, 3.8) is 0 Å². The highest BCUT2D eigenvalue weighted by molar-refractivity contribution is 7.83. The zero-order chi connectivity index (χ0) is 13.9. The van der Waals surface area contributed by atoms with E-state index >= 15 is 0 Å². The van der Waals surface area contributed by atoms with Gasteiger partial charge < -0.3 is 4.52 Å². The molecule has 1 unspecified atom stereocenters. The number of nitrogens with zero attached hydrogens (tertiary/aromatic N) is 2. The van der Waals surface area contributed by atoms with Crippen molar-refractivity contribution in [3.05, 3.63) is 45.4 Å². The van der Waals surface area contributed by atoms with Gasteiger partial charge in [0.25, 0.3) is 0 Å². The van der Waals surface area contributed by atoms with Crippen molar-refractivity contribution in [2.75, 3.05) is 0 Å². The van der Waals surface area contributed by atoms with Crippen molar-refractivity contribution in [1.29, 1.82) is 0 Å². The Kier molecular flexibility index (Phi) is 4.09. The van der Waals surface area contributed by atoms with Gasteiger partial charge in [0.15, 0.2) is 0 Å². The predicted octanol–water partition coefficient (Wildman–Crippen LogP) is 3.62. The molecule has 4 nitrogen and oxygen atoms in total. The van der Waals surface area contributed by atoms with Gasteiger partial charge in [0.1, 0.15) is 10.8 Å². The van der Waals surface area contributed by atoms with Crippen molar-refractivity contribution in [3.8, 4) is 10.6 Å². The molecule has 0 saturated carbocycles. The molecule has 0 saturated heterocycles. The fourth-order valence-corrected chi connectivity index (χ4v) is 4.44. The van der Waals surface area contributed by atoms with Gasteiger partial charge in [0.05, 0.1) is 22.9 Å². The standard InChI is InChI=1S/C13H12N2O2S3/c1-9-4-11(15-17-9)7-20(16)8-12-6-19-13(14-12)10-2-3-18-5-10/h2-6H,7-8H2,1H3. The first-order valence-electron chi connectivity index (χ1n) is 5.95.